The summed E-state index contributed by atoms with van der Waals surface area (Å²) >= 11 is 0. The predicted molar refractivity (Wildman–Crippen MR) is 171 cm³/mol. The summed E-state index contributed by atoms with van der Waals surface area (Å²) in [6.45, 7) is 9.77. The molecule has 238 valence electrons. The van der Waals surface area contributed by atoms with Crippen LogP contribution in [0.3, 0.4) is 0 Å². The molecule has 44 heavy (non-hydrogen) atoms. The molecule has 0 aliphatic carbocycles. The molecule has 2 aromatic rings. The van der Waals surface area contributed by atoms with E-state index in [9.17, 15) is 9.59 Å². The smallest absolute Gasteiger partial charge is 0.336 e. The number of esters is 2. The first kappa shape index (κ1) is 33.1. The van der Waals surface area contributed by atoms with Crippen molar-refractivity contribution >= 4 is 11.9 Å². The van der Waals surface area contributed by atoms with Gasteiger partial charge in [-0.15, -0.1) is 0 Å². The van der Waals surface area contributed by atoms with Crippen LogP contribution in [0.2, 0.25) is 0 Å². The molecule has 0 spiro atoms. The van der Waals surface area contributed by atoms with Crippen LogP contribution >= 0.6 is 0 Å². The second-order valence-corrected chi connectivity index (χ2v) is 11.4. The highest BCUT2D eigenvalue weighted by atomic mass is 16.5. The monoisotopic (exact) mass is 605 g/mol. The minimum atomic E-state index is -0.697. The summed E-state index contributed by atoms with van der Waals surface area (Å²) in [6.07, 6.45) is 2.44. The lowest BCUT2D eigenvalue weighted by Crippen LogP contribution is -2.44. The van der Waals surface area contributed by atoms with Crippen LogP contribution in [-0.2, 0) is 25.5 Å². The van der Waals surface area contributed by atoms with Gasteiger partial charge in [-0.3, -0.25) is 0 Å². The number of rotatable bonds is 13. The first-order valence-electron chi connectivity index (χ1n) is 15.4. The zero-order valence-electron chi connectivity index (χ0n) is 27.1. The van der Waals surface area contributed by atoms with Gasteiger partial charge in [0, 0.05) is 50.7 Å². The molecule has 9 heteroatoms. The molecule has 1 unspecified atom stereocenters. The molecule has 1 atom stereocenters. The second kappa shape index (κ2) is 15.8. The van der Waals surface area contributed by atoms with Crippen LogP contribution < -0.4 is 9.47 Å². The average molecular weight is 606 g/mol. The van der Waals surface area contributed by atoms with Crippen LogP contribution in [0.15, 0.2) is 71.1 Å². The Kier molecular flexibility index (Phi) is 11.9. The fraction of sp³-hybridized carbons (Fsp3) is 0.486. The van der Waals surface area contributed by atoms with Gasteiger partial charge >= 0.3 is 11.9 Å². The van der Waals surface area contributed by atoms with E-state index < -0.39 is 17.9 Å². The minimum absolute atomic E-state index is 0.296. The molecular formula is C35H47N3O6. The highest BCUT2D eigenvalue weighted by molar-refractivity contribution is 6.00. The van der Waals surface area contributed by atoms with E-state index in [1.165, 1.54) is 12.7 Å². The summed E-state index contributed by atoms with van der Waals surface area (Å²) < 4.78 is 22.3. The van der Waals surface area contributed by atoms with Crippen molar-refractivity contribution in [2.75, 3.05) is 74.3 Å². The number of likely N-dealkylation sites (N-methyl/N-ethyl adjacent to an activating group) is 1. The molecule has 0 bridgehead atoms. The average Bonchev–Trinajstić information content (AvgIpc) is 3.04. The Bertz CT molecular complexity index is 1350. The number of carbonyl (C=O) groups is 2. The van der Waals surface area contributed by atoms with Crippen molar-refractivity contribution < 1.29 is 28.5 Å². The number of hydrogen-bond donors (Lipinski definition) is 0. The van der Waals surface area contributed by atoms with Gasteiger partial charge in [-0.2, -0.15) is 0 Å². The van der Waals surface area contributed by atoms with Gasteiger partial charge in [0.15, 0.2) is 11.5 Å². The summed E-state index contributed by atoms with van der Waals surface area (Å²) in [6, 6.07) is 15.8. The van der Waals surface area contributed by atoms with E-state index in [0.29, 0.717) is 35.8 Å². The number of aryl methyl sites for hydroxylation is 1. The van der Waals surface area contributed by atoms with E-state index >= 15 is 0 Å². The van der Waals surface area contributed by atoms with E-state index in [1.807, 2.05) is 44.2 Å². The molecule has 1 saturated heterocycles. The molecule has 1 fully saturated rings. The Morgan fingerprint density at radius 3 is 2.09 bits per heavy atom. The number of carbonyl (C=O) groups excluding carboxylic acids is 2. The van der Waals surface area contributed by atoms with Gasteiger partial charge in [-0.05, 0) is 63.4 Å². The van der Waals surface area contributed by atoms with E-state index in [4.69, 9.17) is 18.9 Å². The van der Waals surface area contributed by atoms with Gasteiger partial charge in [-0.1, -0.05) is 36.4 Å². The van der Waals surface area contributed by atoms with Crippen LogP contribution in [0, 0.1) is 0 Å². The first-order chi connectivity index (χ1) is 21.3. The lowest BCUT2D eigenvalue weighted by Gasteiger charge is -2.38. The number of methoxy groups -OCH3 is 3. The van der Waals surface area contributed by atoms with Crippen molar-refractivity contribution in [3.8, 4) is 11.5 Å². The summed E-state index contributed by atoms with van der Waals surface area (Å²) in [5, 5.41) is 0. The molecular weight excluding hydrogens is 558 g/mol. The highest BCUT2D eigenvalue weighted by Crippen LogP contribution is 2.44. The van der Waals surface area contributed by atoms with Crippen molar-refractivity contribution in [3.05, 3.63) is 82.2 Å². The normalized spacial score (nSPS) is 18.0. The largest absolute Gasteiger partial charge is 0.493 e. The Morgan fingerprint density at radius 1 is 0.795 bits per heavy atom. The van der Waals surface area contributed by atoms with Gasteiger partial charge in [0.1, 0.15) is 0 Å². The second-order valence-electron chi connectivity index (χ2n) is 11.4. The maximum Gasteiger partial charge on any atom is 0.336 e. The number of ether oxygens (including phenoxy) is 4. The first-order valence-corrected chi connectivity index (χ1v) is 15.4. The van der Waals surface area contributed by atoms with Gasteiger partial charge in [0.2, 0.25) is 0 Å². The number of piperazine rings is 1. The molecule has 0 saturated carbocycles. The van der Waals surface area contributed by atoms with E-state index in [-0.39, 0.29) is 0 Å². The topological polar surface area (TPSA) is 80.8 Å². The fourth-order valence-corrected chi connectivity index (χ4v) is 6.13. The Labute approximate surface area is 262 Å². The van der Waals surface area contributed by atoms with Crippen molar-refractivity contribution in [1.29, 1.82) is 0 Å². The molecule has 9 nitrogen and oxygen atoms in total. The lowest BCUT2D eigenvalue weighted by molar-refractivity contribution is -0.139. The standard InChI is InChI=1S/C35H47N3O6/c1-25-31(34(39)43-6)33(28-15-16-29(41-4)30(24-28)42-5)32(26(2)38(25)18-10-14-27-12-8-7-9-13-27)35(40)44-23-11-17-37-21-19-36(3)20-22-37/h7-9,12-13,15-16,24,33H,10-11,14,17-23H2,1-6H3. The molecule has 2 aromatic carbocycles. The zero-order chi connectivity index (χ0) is 31.6. The van der Waals surface area contributed by atoms with E-state index in [2.05, 4.69) is 33.9 Å². The lowest BCUT2D eigenvalue weighted by atomic mass is 9.79. The van der Waals surface area contributed by atoms with Crippen LogP contribution in [0.4, 0.5) is 0 Å². The van der Waals surface area contributed by atoms with E-state index in [1.54, 1.807) is 20.3 Å². The summed E-state index contributed by atoms with van der Waals surface area (Å²) in [7, 11) is 6.65. The summed E-state index contributed by atoms with van der Waals surface area (Å²) in [5.41, 5.74) is 4.33. The van der Waals surface area contributed by atoms with Crippen molar-refractivity contribution in [3.63, 3.8) is 0 Å². The van der Waals surface area contributed by atoms with Crippen LogP contribution in [-0.4, -0.2) is 101 Å². The van der Waals surface area contributed by atoms with Gasteiger partial charge in [0.05, 0.1) is 45.0 Å². The van der Waals surface area contributed by atoms with Crippen LogP contribution in [0.5, 0.6) is 11.5 Å². The molecule has 2 heterocycles. The maximum atomic E-state index is 14.0. The third kappa shape index (κ3) is 7.81. The number of benzene rings is 2. The number of nitrogens with zero attached hydrogens (tertiary/aromatic N) is 3. The third-order valence-electron chi connectivity index (χ3n) is 8.67. The highest BCUT2D eigenvalue weighted by Gasteiger charge is 2.40. The molecule has 4 rings (SSSR count). The minimum Gasteiger partial charge on any atom is -0.493 e. The fourth-order valence-electron chi connectivity index (χ4n) is 6.13. The molecule has 2 aliphatic heterocycles. The Hall–Kier alpha value is -3.82. The summed E-state index contributed by atoms with van der Waals surface area (Å²) in [5.74, 6) is -0.540. The molecule has 2 aliphatic rings. The quantitative estimate of drug-likeness (QED) is 0.240. The summed E-state index contributed by atoms with van der Waals surface area (Å²) in [4.78, 5) is 34.3. The third-order valence-corrected chi connectivity index (χ3v) is 8.67. The SMILES string of the molecule is COC(=O)C1=C(C)N(CCCc2ccccc2)C(C)=C(C(=O)OCCCN2CCN(C)CC2)C1c1ccc(OC)c(OC)c1. The van der Waals surface area contributed by atoms with Crippen molar-refractivity contribution in [2.24, 2.45) is 0 Å². The van der Waals surface area contributed by atoms with Crippen molar-refractivity contribution in [1.82, 2.24) is 14.7 Å². The van der Waals surface area contributed by atoms with Gasteiger partial charge < -0.3 is 33.6 Å². The van der Waals surface area contributed by atoms with Gasteiger partial charge in [0.25, 0.3) is 0 Å². The van der Waals surface area contributed by atoms with E-state index in [0.717, 1.165) is 68.9 Å². The molecule has 0 N–H and O–H groups in total. The number of hydrogen-bond acceptors (Lipinski definition) is 9. The number of allylic oxidation sites excluding steroid dienone is 2. The van der Waals surface area contributed by atoms with Gasteiger partial charge in [-0.25, -0.2) is 9.59 Å². The maximum absolute atomic E-state index is 14.0. The zero-order valence-corrected chi connectivity index (χ0v) is 27.1. The Morgan fingerprint density at radius 2 is 1.45 bits per heavy atom. The molecule has 0 radical (unpaired) electrons. The molecule has 0 aromatic heterocycles. The van der Waals surface area contributed by atoms with Crippen LogP contribution in [0.1, 0.15) is 43.7 Å². The molecule has 0 amide bonds. The van der Waals surface area contributed by atoms with Crippen molar-refractivity contribution in [2.45, 2.75) is 39.0 Å². The van der Waals surface area contributed by atoms with Crippen LogP contribution in [0.25, 0.3) is 0 Å². The Balaban J connectivity index is 1.65. The predicted octanol–water partition coefficient (Wildman–Crippen LogP) is 4.64.